The Morgan fingerprint density at radius 2 is 1.36 bits per heavy atom. The van der Waals surface area contributed by atoms with E-state index >= 15 is 0 Å². The first-order chi connectivity index (χ1) is 13.4. The second-order valence-corrected chi connectivity index (χ2v) is 7.20. The van der Waals surface area contributed by atoms with E-state index < -0.39 is 17.8 Å². The van der Waals surface area contributed by atoms with Gasteiger partial charge >= 0.3 is 0 Å². The number of carboxylic acids is 1. The molecule has 6 heteroatoms. The summed E-state index contributed by atoms with van der Waals surface area (Å²) in [5.74, 6) is -3.05. The topological polar surface area (TPSA) is 98.3 Å². The number of hydrogen-bond acceptors (Lipinski definition) is 4. The number of hydrogen-bond donors (Lipinski definition) is 2. The van der Waals surface area contributed by atoms with Crippen molar-refractivity contribution in [1.29, 1.82) is 0 Å². The second-order valence-electron chi connectivity index (χ2n) is 7.20. The van der Waals surface area contributed by atoms with E-state index in [1.54, 1.807) is 24.3 Å². The molecule has 2 atom stereocenters. The summed E-state index contributed by atoms with van der Waals surface area (Å²) in [7, 11) is 0. The summed E-state index contributed by atoms with van der Waals surface area (Å²) < 4.78 is 0. The SMILES string of the molecule is Cc1ccc(NC(=O)c2ccc(NC(=O)[C@@H]3CCCC[C@@H]3C(=O)[O-])cc2)cc1. The van der Waals surface area contributed by atoms with E-state index in [0.717, 1.165) is 18.4 Å². The molecule has 1 aliphatic carbocycles. The van der Waals surface area contributed by atoms with Gasteiger partial charge in [-0.25, -0.2) is 0 Å². The van der Waals surface area contributed by atoms with Gasteiger partial charge in [0.1, 0.15) is 0 Å². The zero-order valence-electron chi connectivity index (χ0n) is 15.7. The molecule has 0 saturated heterocycles. The predicted octanol–water partition coefficient (Wildman–Crippen LogP) is 2.74. The number of amides is 2. The molecule has 1 fully saturated rings. The van der Waals surface area contributed by atoms with Crippen molar-refractivity contribution in [3.8, 4) is 0 Å². The minimum Gasteiger partial charge on any atom is -0.550 e. The molecule has 0 aliphatic heterocycles. The highest BCUT2D eigenvalue weighted by Crippen LogP contribution is 2.30. The molecule has 3 rings (SSSR count). The third kappa shape index (κ3) is 4.76. The van der Waals surface area contributed by atoms with E-state index in [9.17, 15) is 19.5 Å². The van der Waals surface area contributed by atoms with Crippen molar-refractivity contribution in [2.75, 3.05) is 10.6 Å². The quantitative estimate of drug-likeness (QED) is 0.834. The second kappa shape index (κ2) is 8.69. The average molecular weight is 379 g/mol. The fourth-order valence-corrected chi connectivity index (χ4v) is 3.51. The molecule has 6 nitrogen and oxygen atoms in total. The largest absolute Gasteiger partial charge is 0.550 e. The number of aryl methyl sites for hydroxylation is 1. The van der Waals surface area contributed by atoms with Crippen LogP contribution in [-0.4, -0.2) is 17.8 Å². The molecule has 2 amide bonds. The standard InChI is InChI=1S/C22H24N2O4/c1-14-6-10-16(11-7-14)23-20(25)15-8-12-17(13-9-15)24-21(26)18-4-2-3-5-19(18)22(27)28/h6-13,18-19H,2-5H2,1H3,(H,23,25)(H,24,26)(H,27,28)/p-1/t18-,19+/m1/s1. The van der Waals surface area contributed by atoms with Crippen LogP contribution in [0, 0.1) is 18.8 Å². The van der Waals surface area contributed by atoms with Gasteiger partial charge in [0.2, 0.25) is 5.91 Å². The Balaban J connectivity index is 1.62. The zero-order chi connectivity index (χ0) is 20.1. The lowest BCUT2D eigenvalue weighted by molar-refractivity contribution is -0.313. The molecule has 0 bridgehead atoms. The Bertz CT molecular complexity index is 859. The molecule has 2 N–H and O–H groups in total. The molecule has 28 heavy (non-hydrogen) atoms. The molecule has 0 aromatic heterocycles. The maximum Gasteiger partial charge on any atom is 0.255 e. The van der Waals surface area contributed by atoms with Gasteiger partial charge in [0.25, 0.3) is 5.91 Å². The Labute approximate surface area is 164 Å². The van der Waals surface area contributed by atoms with Crippen LogP contribution in [0.15, 0.2) is 48.5 Å². The number of carboxylic acid groups (broad SMARTS) is 1. The molecule has 0 spiro atoms. The van der Waals surface area contributed by atoms with Gasteiger partial charge in [0, 0.05) is 34.7 Å². The highest BCUT2D eigenvalue weighted by molar-refractivity contribution is 6.04. The van der Waals surface area contributed by atoms with Gasteiger partial charge in [-0.1, -0.05) is 30.5 Å². The van der Waals surface area contributed by atoms with Crippen LogP contribution in [0.1, 0.15) is 41.6 Å². The first kappa shape index (κ1) is 19.6. The summed E-state index contributed by atoms with van der Waals surface area (Å²) in [5.41, 5.74) is 2.80. The van der Waals surface area contributed by atoms with Gasteiger partial charge in [-0.15, -0.1) is 0 Å². The molecule has 0 radical (unpaired) electrons. The minimum absolute atomic E-state index is 0.244. The number of benzene rings is 2. The number of aliphatic carboxylic acids is 1. The summed E-state index contributed by atoms with van der Waals surface area (Å²) in [5, 5.41) is 16.8. The van der Waals surface area contributed by atoms with Gasteiger partial charge in [0.15, 0.2) is 0 Å². The van der Waals surface area contributed by atoms with E-state index in [0.29, 0.717) is 29.8 Å². The van der Waals surface area contributed by atoms with Crippen LogP contribution in [0.3, 0.4) is 0 Å². The molecular formula is C22H23N2O4-. The van der Waals surface area contributed by atoms with E-state index in [1.807, 2.05) is 31.2 Å². The van der Waals surface area contributed by atoms with Gasteiger partial charge in [-0.3, -0.25) is 9.59 Å². The van der Waals surface area contributed by atoms with Crippen molar-refractivity contribution in [2.45, 2.75) is 32.6 Å². The van der Waals surface area contributed by atoms with Crippen molar-refractivity contribution < 1.29 is 19.5 Å². The van der Waals surface area contributed by atoms with Crippen LogP contribution in [0.25, 0.3) is 0 Å². The summed E-state index contributed by atoms with van der Waals surface area (Å²) in [6.07, 6.45) is 2.65. The van der Waals surface area contributed by atoms with E-state index in [1.165, 1.54) is 0 Å². The highest BCUT2D eigenvalue weighted by Gasteiger charge is 2.31. The maximum atomic E-state index is 12.5. The monoisotopic (exact) mass is 379 g/mol. The molecule has 1 saturated carbocycles. The normalized spacial score (nSPS) is 18.9. The Kier molecular flexibility index (Phi) is 6.09. The Morgan fingerprint density at radius 3 is 1.96 bits per heavy atom. The molecule has 2 aromatic carbocycles. The van der Waals surface area contributed by atoms with Crippen molar-refractivity contribution in [1.82, 2.24) is 0 Å². The minimum atomic E-state index is -1.16. The molecule has 0 heterocycles. The lowest BCUT2D eigenvalue weighted by Crippen LogP contribution is -2.42. The highest BCUT2D eigenvalue weighted by atomic mass is 16.4. The number of rotatable bonds is 5. The van der Waals surface area contributed by atoms with Crippen LogP contribution >= 0.6 is 0 Å². The third-order valence-electron chi connectivity index (χ3n) is 5.13. The molecular weight excluding hydrogens is 356 g/mol. The van der Waals surface area contributed by atoms with Crippen molar-refractivity contribution in [2.24, 2.45) is 11.8 Å². The Morgan fingerprint density at radius 1 is 0.821 bits per heavy atom. The molecule has 2 aromatic rings. The lowest BCUT2D eigenvalue weighted by atomic mass is 9.78. The van der Waals surface area contributed by atoms with Gasteiger partial charge in [0.05, 0.1) is 0 Å². The van der Waals surface area contributed by atoms with Crippen LogP contribution in [0.2, 0.25) is 0 Å². The van der Waals surface area contributed by atoms with E-state index in [4.69, 9.17) is 0 Å². The first-order valence-electron chi connectivity index (χ1n) is 9.44. The third-order valence-corrected chi connectivity index (χ3v) is 5.13. The summed E-state index contributed by atoms with van der Waals surface area (Å²) in [6.45, 7) is 1.97. The summed E-state index contributed by atoms with van der Waals surface area (Å²) >= 11 is 0. The van der Waals surface area contributed by atoms with Crippen molar-refractivity contribution in [3.63, 3.8) is 0 Å². The summed E-state index contributed by atoms with van der Waals surface area (Å²) in [4.78, 5) is 36.1. The Hall–Kier alpha value is -3.15. The van der Waals surface area contributed by atoms with Crippen LogP contribution in [0.5, 0.6) is 0 Å². The summed E-state index contributed by atoms with van der Waals surface area (Å²) in [6, 6.07) is 14.0. The van der Waals surface area contributed by atoms with E-state index in [2.05, 4.69) is 10.6 Å². The van der Waals surface area contributed by atoms with Crippen LogP contribution in [-0.2, 0) is 9.59 Å². The number of carbonyl (C=O) groups excluding carboxylic acids is 3. The number of anilines is 2. The smallest absolute Gasteiger partial charge is 0.255 e. The number of carbonyl (C=O) groups is 3. The average Bonchev–Trinajstić information content (AvgIpc) is 2.70. The van der Waals surface area contributed by atoms with Crippen molar-refractivity contribution >= 4 is 29.2 Å². The lowest BCUT2D eigenvalue weighted by Gasteiger charge is -2.31. The number of nitrogens with one attached hydrogen (secondary N) is 2. The van der Waals surface area contributed by atoms with Gasteiger partial charge in [-0.2, -0.15) is 0 Å². The molecule has 1 aliphatic rings. The van der Waals surface area contributed by atoms with Crippen LogP contribution < -0.4 is 15.7 Å². The van der Waals surface area contributed by atoms with Gasteiger partial charge in [-0.05, 0) is 56.2 Å². The fourth-order valence-electron chi connectivity index (χ4n) is 3.51. The fraction of sp³-hybridized carbons (Fsp3) is 0.318. The van der Waals surface area contributed by atoms with E-state index in [-0.39, 0.29) is 11.8 Å². The zero-order valence-corrected chi connectivity index (χ0v) is 15.7. The van der Waals surface area contributed by atoms with Crippen molar-refractivity contribution in [3.05, 3.63) is 59.7 Å². The van der Waals surface area contributed by atoms with Gasteiger partial charge < -0.3 is 20.5 Å². The molecule has 146 valence electrons. The predicted molar refractivity (Wildman–Crippen MR) is 105 cm³/mol. The first-order valence-corrected chi connectivity index (χ1v) is 9.44. The molecule has 0 unspecified atom stereocenters. The van der Waals surface area contributed by atoms with Crippen LogP contribution in [0.4, 0.5) is 11.4 Å². The maximum absolute atomic E-state index is 12.5.